The van der Waals surface area contributed by atoms with E-state index in [9.17, 15) is 4.79 Å². The summed E-state index contributed by atoms with van der Waals surface area (Å²) in [5.74, 6) is 2.67. The second-order valence-corrected chi connectivity index (χ2v) is 6.76. The Morgan fingerprint density at radius 2 is 1.55 bits per heavy atom. The van der Waals surface area contributed by atoms with Gasteiger partial charge in [0.25, 0.3) is 0 Å². The molecule has 1 amide bonds. The van der Waals surface area contributed by atoms with E-state index < -0.39 is 0 Å². The van der Waals surface area contributed by atoms with E-state index in [0.29, 0.717) is 23.6 Å². The quantitative estimate of drug-likeness (QED) is 0.599. The van der Waals surface area contributed by atoms with E-state index >= 15 is 0 Å². The molecule has 0 spiro atoms. The van der Waals surface area contributed by atoms with E-state index in [-0.39, 0.29) is 5.91 Å². The number of carbonyl (C=O) groups excluding carboxylic acids is 1. The highest BCUT2D eigenvalue weighted by Crippen LogP contribution is 2.29. The standard InChI is InChI=1S/C22H30N2O5/c1-24(12-10-16-6-8-20(28-4)21(14-16)29-5)13-11-22(25)23-18-15-17(26-2)7-9-19(18)27-3/h6-9,14-15H,10-13H2,1-5H3,(H,23,25)/p+1. The summed E-state index contributed by atoms with van der Waals surface area (Å²) in [6.07, 6.45) is 1.30. The number of likely N-dealkylation sites (N-methyl/N-ethyl adjacent to an activating group) is 1. The molecule has 0 aliphatic heterocycles. The maximum absolute atomic E-state index is 12.4. The lowest BCUT2D eigenvalue weighted by Gasteiger charge is -2.15. The molecule has 158 valence electrons. The van der Waals surface area contributed by atoms with Gasteiger partial charge >= 0.3 is 0 Å². The highest BCUT2D eigenvalue weighted by molar-refractivity contribution is 5.92. The summed E-state index contributed by atoms with van der Waals surface area (Å²) in [6, 6.07) is 11.3. The second kappa shape index (κ2) is 11.2. The van der Waals surface area contributed by atoms with Crippen LogP contribution in [0.5, 0.6) is 23.0 Å². The Kier molecular flexibility index (Phi) is 8.61. The maximum Gasteiger partial charge on any atom is 0.230 e. The molecule has 1 atom stereocenters. The van der Waals surface area contributed by atoms with Crippen molar-refractivity contribution in [2.24, 2.45) is 0 Å². The monoisotopic (exact) mass is 403 g/mol. The summed E-state index contributed by atoms with van der Waals surface area (Å²) < 4.78 is 21.1. The van der Waals surface area contributed by atoms with Crippen LogP contribution in [-0.4, -0.2) is 54.5 Å². The Morgan fingerprint density at radius 1 is 0.862 bits per heavy atom. The van der Waals surface area contributed by atoms with Gasteiger partial charge in [-0.1, -0.05) is 6.07 Å². The van der Waals surface area contributed by atoms with Crippen molar-refractivity contribution < 1.29 is 28.6 Å². The van der Waals surface area contributed by atoms with Gasteiger partial charge in [-0.2, -0.15) is 0 Å². The molecule has 0 bridgehead atoms. The molecule has 0 saturated heterocycles. The number of ether oxygens (including phenoxy) is 4. The van der Waals surface area contributed by atoms with Gasteiger partial charge in [-0.25, -0.2) is 0 Å². The molecule has 2 aromatic carbocycles. The Labute approximate surface area is 172 Å². The number of amides is 1. The summed E-state index contributed by atoms with van der Waals surface area (Å²) >= 11 is 0. The van der Waals surface area contributed by atoms with Gasteiger partial charge in [0, 0.05) is 12.5 Å². The Bertz CT molecular complexity index is 810. The van der Waals surface area contributed by atoms with E-state index in [4.69, 9.17) is 18.9 Å². The van der Waals surface area contributed by atoms with Gasteiger partial charge in [0.1, 0.15) is 11.5 Å². The Morgan fingerprint density at radius 3 is 2.21 bits per heavy atom. The van der Waals surface area contributed by atoms with Crippen molar-refractivity contribution in [2.45, 2.75) is 12.8 Å². The molecule has 0 aromatic heterocycles. The predicted molar refractivity (Wildman–Crippen MR) is 113 cm³/mol. The summed E-state index contributed by atoms with van der Waals surface area (Å²) in [6.45, 7) is 1.64. The SMILES string of the molecule is COc1ccc(OC)c(NC(=O)CC[NH+](C)CCc2ccc(OC)c(OC)c2)c1. The zero-order chi connectivity index (χ0) is 21.2. The first-order valence-corrected chi connectivity index (χ1v) is 9.54. The predicted octanol–water partition coefficient (Wildman–Crippen LogP) is 1.81. The fourth-order valence-corrected chi connectivity index (χ4v) is 2.97. The number of rotatable bonds is 11. The van der Waals surface area contributed by atoms with Crippen molar-refractivity contribution >= 4 is 11.6 Å². The molecule has 29 heavy (non-hydrogen) atoms. The van der Waals surface area contributed by atoms with Crippen molar-refractivity contribution in [3.8, 4) is 23.0 Å². The molecular formula is C22H31N2O5+. The molecule has 7 heteroatoms. The number of hydrogen-bond donors (Lipinski definition) is 2. The topological polar surface area (TPSA) is 70.5 Å². The zero-order valence-corrected chi connectivity index (χ0v) is 17.8. The lowest BCUT2D eigenvalue weighted by atomic mass is 10.1. The van der Waals surface area contributed by atoms with Crippen LogP contribution in [0.2, 0.25) is 0 Å². The van der Waals surface area contributed by atoms with Crippen molar-refractivity contribution in [1.82, 2.24) is 0 Å². The molecule has 2 rings (SSSR count). The van der Waals surface area contributed by atoms with Crippen LogP contribution in [0.3, 0.4) is 0 Å². The summed E-state index contributed by atoms with van der Waals surface area (Å²) in [5.41, 5.74) is 1.78. The van der Waals surface area contributed by atoms with Crippen LogP contribution in [0.4, 0.5) is 5.69 Å². The molecule has 2 aromatic rings. The number of anilines is 1. The Hall–Kier alpha value is -2.93. The van der Waals surface area contributed by atoms with Crippen LogP contribution in [0.25, 0.3) is 0 Å². The Balaban J connectivity index is 1.83. The first-order valence-electron chi connectivity index (χ1n) is 9.54. The third-order valence-electron chi connectivity index (χ3n) is 4.75. The van der Waals surface area contributed by atoms with E-state index in [1.54, 1.807) is 46.6 Å². The third-order valence-corrected chi connectivity index (χ3v) is 4.75. The van der Waals surface area contributed by atoms with Gasteiger partial charge in [-0.3, -0.25) is 4.79 Å². The van der Waals surface area contributed by atoms with Crippen molar-refractivity contribution in [3.63, 3.8) is 0 Å². The molecule has 0 fully saturated rings. The van der Waals surface area contributed by atoms with Gasteiger partial charge in [0.15, 0.2) is 11.5 Å². The van der Waals surface area contributed by atoms with Gasteiger partial charge < -0.3 is 29.2 Å². The van der Waals surface area contributed by atoms with Gasteiger partial charge in [-0.05, 0) is 29.8 Å². The first kappa shape index (κ1) is 22.4. The van der Waals surface area contributed by atoms with Crippen LogP contribution in [0, 0.1) is 0 Å². The van der Waals surface area contributed by atoms with Crippen LogP contribution in [-0.2, 0) is 11.2 Å². The summed E-state index contributed by atoms with van der Waals surface area (Å²) in [4.78, 5) is 13.6. The fraction of sp³-hybridized carbons (Fsp3) is 0.409. The van der Waals surface area contributed by atoms with Crippen LogP contribution in [0.1, 0.15) is 12.0 Å². The van der Waals surface area contributed by atoms with Crippen LogP contribution >= 0.6 is 0 Å². The molecular weight excluding hydrogens is 372 g/mol. The number of methoxy groups -OCH3 is 4. The smallest absolute Gasteiger partial charge is 0.230 e. The minimum absolute atomic E-state index is 0.0537. The minimum Gasteiger partial charge on any atom is -0.497 e. The molecule has 1 unspecified atom stereocenters. The lowest BCUT2D eigenvalue weighted by Crippen LogP contribution is -3.09. The normalized spacial score (nSPS) is 11.5. The lowest BCUT2D eigenvalue weighted by molar-refractivity contribution is -0.878. The summed E-state index contributed by atoms with van der Waals surface area (Å²) in [5, 5.41) is 2.91. The fourth-order valence-electron chi connectivity index (χ4n) is 2.97. The van der Waals surface area contributed by atoms with E-state index in [2.05, 4.69) is 12.4 Å². The first-order chi connectivity index (χ1) is 14.0. The van der Waals surface area contributed by atoms with Gasteiger partial charge in [0.2, 0.25) is 5.91 Å². The van der Waals surface area contributed by atoms with E-state index in [0.717, 1.165) is 31.0 Å². The minimum atomic E-state index is -0.0537. The van der Waals surface area contributed by atoms with E-state index in [1.165, 1.54) is 10.5 Å². The number of hydrogen-bond acceptors (Lipinski definition) is 5. The number of nitrogens with one attached hydrogen (secondary N) is 2. The maximum atomic E-state index is 12.4. The van der Waals surface area contributed by atoms with Crippen LogP contribution in [0.15, 0.2) is 36.4 Å². The third kappa shape index (κ3) is 6.57. The second-order valence-electron chi connectivity index (χ2n) is 6.76. The largest absolute Gasteiger partial charge is 0.497 e. The average molecular weight is 403 g/mol. The molecule has 0 heterocycles. The van der Waals surface area contributed by atoms with Gasteiger partial charge in [-0.15, -0.1) is 0 Å². The van der Waals surface area contributed by atoms with Crippen molar-refractivity contribution in [1.29, 1.82) is 0 Å². The molecule has 7 nitrogen and oxygen atoms in total. The molecule has 2 N–H and O–H groups in total. The van der Waals surface area contributed by atoms with Crippen molar-refractivity contribution in [3.05, 3.63) is 42.0 Å². The zero-order valence-electron chi connectivity index (χ0n) is 17.8. The number of benzene rings is 2. The molecule has 0 saturated carbocycles. The average Bonchev–Trinajstić information content (AvgIpc) is 2.75. The van der Waals surface area contributed by atoms with E-state index in [1.807, 2.05) is 18.2 Å². The van der Waals surface area contributed by atoms with Crippen LogP contribution < -0.4 is 29.2 Å². The van der Waals surface area contributed by atoms with Gasteiger partial charge in [0.05, 0.1) is 60.7 Å². The number of carbonyl (C=O) groups is 1. The molecule has 0 aliphatic carbocycles. The highest BCUT2D eigenvalue weighted by Gasteiger charge is 2.12. The number of quaternary nitrogens is 1. The van der Waals surface area contributed by atoms with Crippen molar-refractivity contribution in [2.75, 3.05) is 53.9 Å². The molecule has 0 aliphatic rings. The highest BCUT2D eigenvalue weighted by atomic mass is 16.5. The summed E-state index contributed by atoms with van der Waals surface area (Å²) in [7, 11) is 8.50. The molecule has 0 radical (unpaired) electrons.